The van der Waals surface area contributed by atoms with Gasteiger partial charge < -0.3 is 10.1 Å². The maximum atomic E-state index is 12.2. The number of hydrogen-bond acceptors (Lipinski definition) is 3. The van der Waals surface area contributed by atoms with Gasteiger partial charge in [0.1, 0.15) is 5.75 Å². The minimum Gasteiger partial charge on any atom is -0.479 e. The maximum absolute atomic E-state index is 12.2. The molecule has 17 heavy (non-hydrogen) atoms. The summed E-state index contributed by atoms with van der Waals surface area (Å²) >= 11 is 0. The number of ether oxygens (including phenoxy) is 1. The Bertz CT molecular complexity index is 399. The lowest BCUT2D eigenvalue weighted by atomic mass is 9.94. The van der Waals surface area contributed by atoms with Gasteiger partial charge in [-0.25, -0.2) is 0 Å². The average Bonchev–Trinajstić information content (AvgIpc) is 2.39. The van der Waals surface area contributed by atoms with Crippen molar-refractivity contribution >= 4 is 11.5 Å². The second-order valence-electron chi connectivity index (χ2n) is 4.40. The van der Waals surface area contributed by atoms with E-state index >= 15 is 0 Å². The van der Waals surface area contributed by atoms with E-state index in [1.807, 2.05) is 24.3 Å². The van der Waals surface area contributed by atoms with E-state index < -0.39 is 0 Å². The van der Waals surface area contributed by atoms with Gasteiger partial charge in [0.2, 0.25) is 0 Å². The molecule has 1 heterocycles. The van der Waals surface area contributed by atoms with Gasteiger partial charge in [0.25, 0.3) is 0 Å². The number of rotatable bonds is 4. The van der Waals surface area contributed by atoms with Gasteiger partial charge >= 0.3 is 0 Å². The minimum atomic E-state index is -0.338. The summed E-state index contributed by atoms with van der Waals surface area (Å²) in [7, 11) is 0. The third kappa shape index (κ3) is 2.43. The Balaban J connectivity index is 2.09. The van der Waals surface area contributed by atoms with Gasteiger partial charge in [0, 0.05) is 5.92 Å². The molecular formula is C14H19NO2. The average molecular weight is 233 g/mol. The van der Waals surface area contributed by atoms with Crippen molar-refractivity contribution in [2.45, 2.75) is 32.8 Å². The molecular weight excluding hydrogens is 214 g/mol. The van der Waals surface area contributed by atoms with E-state index in [4.69, 9.17) is 4.74 Å². The van der Waals surface area contributed by atoms with Crippen molar-refractivity contribution < 1.29 is 9.53 Å². The lowest BCUT2D eigenvalue weighted by Crippen LogP contribution is -2.40. The second kappa shape index (κ2) is 5.21. The lowest BCUT2D eigenvalue weighted by Gasteiger charge is -2.28. The van der Waals surface area contributed by atoms with Crippen LogP contribution in [0.3, 0.4) is 0 Å². The number of ketones is 1. The molecule has 2 rings (SSSR count). The number of Topliss-reactive ketones (excluding diaryl/α,β-unsaturated/α-hetero) is 1. The molecule has 1 aromatic carbocycles. The molecule has 1 unspecified atom stereocenters. The number of anilines is 1. The van der Waals surface area contributed by atoms with Crippen LogP contribution >= 0.6 is 0 Å². The smallest absolute Gasteiger partial charge is 0.178 e. The van der Waals surface area contributed by atoms with Crippen molar-refractivity contribution in [1.29, 1.82) is 0 Å². The number of nitrogens with one attached hydrogen (secondary N) is 1. The van der Waals surface area contributed by atoms with Crippen LogP contribution in [0, 0.1) is 5.92 Å². The molecule has 1 aromatic rings. The molecule has 3 heteroatoms. The largest absolute Gasteiger partial charge is 0.479 e. The van der Waals surface area contributed by atoms with Crippen LogP contribution in [0.4, 0.5) is 5.69 Å². The van der Waals surface area contributed by atoms with E-state index in [1.54, 1.807) is 0 Å². The summed E-state index contributed by atoms with van der Waals surface area (Å²) in [5.41, 5.74) is 0.973. The fourth-order valence-electron chi connectivity index (χ4n) is 2.23. The van der Waals surface area contributed by atoms with Gasteiger partial charge in [0.15, 0.2) is 11.9 Å². The highest BCUT2D eigenvalue weighted by Crippen LogP contribution is 2.29. The summed E-state index contributed by atoms with van der Waals surface area (Å²) in [4.78, 5) is 12.2. The fraction of sp³-hybridized carbons (Fsp3) is 0.500. The first-order chi connectivity index (χ1) is 8.26. The van der Waals surface area contributed by atoms with Crippen LogP contribution in [0.15, 0.2) is 24.3 Å². The predicted octanol–water partition coefficient (Wildman–Crippen LogP) is 2.86. The molecule has 0 fully saturated rings. The standard InChI is InChI=1S/C14H19NO2/c1-3-10(4-2)14(16)13-9-15-11-7-5-6-8-12(11)17-13/h5-8,10,13,15H,3-4,9H2,1-2H3. The van der Waals surface area contributed by atoms with Gasteiger partial charge in [-0.15, -0.1) is 0 Å². The summed E-state index contributed by atoms with van der Waals surface area (Å²) < 4.78 is 5.77. The third-order valence-electron chi connectivity index (χ3n) is 3.34. The third-order valence-corrected chi connectivity index (χ3v) is 3.34. The molecule has 1 N–H and O–H groups in total. The maximum Gasteiger partial charge on any atom is 0.178 e. The number of para-hydroxylation sites is 2. The Labute approximate surface area is 102 Å². The van der Waals surface area contributed by atoms with Crippen LogP contribution in [-0.2, 0) is 4.79 Å². The fourth-order valence-corrected chi connectivity index (χ4v) is 2.23. The number of fused-ring (bicyclic) bond motifs is 1. The summed E-state index contributed by atoms with van der Waals surface area (Å²) in [6, 6.07) is 7.74. The van der Waals surface area contributed by atoms with Crippen LogP contribution in [0.25, 0.3) is 0 Å². The first kappa shape index (κ1) is 12.0. The van der Waals surface area contributed by atoms with Crippen molar-refractivity contribution in [2.75, 3.05) is 11.9 Å². The summed E-state index contributed by atoms with van der Waals surface area (Å²) in [5, 5.41) is 3.25. The first-order valence-electron chi connectivity index (χ1n) is 6.29. The quantitative estimate of drug-likeness (QED) is 0.869. The first-order valence-corrected chi connectivity index (χ1v) is 6.29. The molecule has 3 nitrogen and oxygen atoms in total. The van der Waals surface area contributed by atoms with E-state index in [9.17, 15) is 4.79 Å². The number of hydrogen-bond donors (Lipinski definition) is 1. The Kier molecular flexibility index (Phi) is 3.67. The number of carbonyl (C=O) groups excluding carboxylic acids is 1. The Morgan fingerprint density at radius 1 is 1.41 bits per heavy atom. The van der Waals surface area contributed by atoms with Crippen LogP contribution in [0.1, 0.15) is 26.7 Å². The zero-order chi connectivity index (χ0) is 12.3. The highest BCUT2D eigenvalue weighted by atomic mass is 16.5. The molecule has 1 atom stereocenters. The molecule has 0 bridgehead atoms. The number of carbonyl (C=O) groups is 1. The van der Waals surface area contributed by atoms with Gasteiger partial charge in [-0.2, -0.15) is 0 Å². The molecule has 0 spiro atoms. The summed E-state index contributed by atoms with van der Waals surface area (Å²) in [6.07, 6.45) is 1.43. The molecule has 0 aliphatic carbocycles. The topological polar surface area (TPSA) is 38.3 Å². The summed E-state index contributed by atoms with van der Waals surface area (Å²) in [5.74, 6) is 1.12. The monoisotopic (exact) mass is 233 g/mol. The second-order valence-corrected chi connectivity index (χ2v) is 4.40. The molecule has 92 valence electrons. The normalized spacial score (nSPS) is 18.2. The van der Waals surface area contributed by atoms with E-state index in [2.05, 4.69) is 19.2 Å². The molecule has 0 radical (unpaired) electrons. The van der Waals surface area contributed by atoms with Crippen molar-refractivity contribution in [1.82, 2.24) is 0 Å². The molecule has 0 amide bonds. The van der Waals surface area contributed by atoms with Crippen molar-refractivity contribution in [3.05, 3.63) is 24.3 Å². The minimum absolute atomic E-state index is 0.118. The zero-order valence-corrected chi connectivity index (χ0v) is 10.4. The van der Waals surface area contributed by atoms with E-state index in [0.717, 1.165) is 24.3 Å². The van der Waals surface area contributed by atoms with Crippen LogP contribution in [0.5, 0.6) is 5.75 Å². The van der Waals surface area contributed by atoms with Crippen LogP contribution < -0.4 is 10.1 Å². The Morgan fingerprint density at radius 2 is 2.12 bits per heavy atom. The lowest BCUT2D eigenvalue weighted by molar-refractivity contribution is -0.129. The highest BCUT2D eigenvalue weighted by Gasteiger charge is 2.29. The molecule has 1 aliphatic rings. The van der Waals surface area contributed by atoms with Gasteiger partial charge in [0.05, 0.1) is 12.2 Å². The van der Waals surface area contributed by atoms with Crippen molar-refractivity contribution in [3.8, 4) is 5.75 Å². The number of benzene rings is 1. The van der Waals surface area contributed by atoms with Crippen LogP contribution in [0.2, 0.25) is 0 Å². The molecule has 0 saturated carbocycles. The Morgan fingerprint density at radius 3 is 2.82 bits per heavy atom. The summed E-state index contributed by atoms with van der Waals surface area (Å²) in [6.45, 7) is 4.68. The van der Waals surface area contributed by atoms with Crippen LogP contribution in [-0.4, -0.2) is 18.4 Å². The van der Waals surface area contributed by atoms with E-state index in [0.29, 0.717) is 6.54 Å². The molecule has 0 saturated heterocycles. The van der Waals surface area contributed by atoms with Gasteiger partial charge in [-0.3, -0.25) is 4.79 Å². The van der Waals surface area contributed by atoms with Gasteiger partial charge in [-0.05, 0) is 25.0 Å². The molecule has 0 aromatic heterocycles. The molecule has 1 aliphatic heterocycles. The highest BCUT2D eigenvalue weighted by molar-refractivity contribution is 5.87. The van der Waals surface area contributed by atoms with Crippen molar-refractivity contribution in [3.63, 3.8) is 0 Å². The zero-order valence-electron chi connectivity index (χ0n) is 10.4. The van der Waals surface area contributed by atoms with Gasteiger partial charge in [-0.1, -0.05) is 26.0 Å². The van der Waals surface area contributed by atoms with E-state index in [-0.39, 0.29) is 17.8 Å². The van der Waals surface area contributed by atoms with Crippen molar-refractivity contribution in [2.24, 2.45) is 5.92 Å². The predicted molar refractivity (Wildman–Crippen MR) is 68.4 cm³/mol. The SMILES string of the molecule is CCC(CC)C(=O)C1CNc2ccccc2O1. The Hall–Kier alpha value is -1.51. The van der Waals surface area contributed by atoms with E-state index in [1.165, 1.54) is 0 Å².